The Morgan fingerprint density at radius 3 is 2.87 bits per heavy atom. The molecule has 2 aromatic rings. The van der Waals surface area contributed by atoms with Crippen molar-refractivity contribution in [1.29, 1.82) is 0 Å². The van der Waals surface area contributed by atoms with Gasteiger partial charge in [0.05, 0.1) is 19.9 Å². The molecule has 7 heteroatoms. The normalized spacial score (nSPS) is 15.9. The molecule has 0 radical (unpaired) electrons. The maximum atomic E-state index is 5.63. The number of fused-ring (bicyclic) bond motifs is 1. The smallest absolute Gasteiger partial charge is 0.318 e. The molecule has 1 aliphatic rings. The Balaban J connectivity index is 1.85. The van der Waals surface area contributed by atoms with Crippen molar-refractivity contribution in [3.8, 4) is 12.0 Å². The molecule has 3 rings (SSSR count). The Labute approximate surface area is 136 Å². The molecular weight excluding hydrogens is 294 g/mol. The lowest BCUT2D eigenvalue weighted by Crippen LogP contribution is -2.30. The highest BCUT2D eigenvalue weighted by Gasteiger charge is 2.20. The number of ether oxygens (including phenoxy) is 2. The van der Waals surface area contributed by atoms with Gasteiger partial charge in [-0.2, -0.15) is 9.97 Å². The van der Waals surface area contributed by atoms with Crippen LogP contribution in [0, 0.1) is 5.92 Å². The van der Waals surface area contributed by atoms with Crippen LogP contribution in [0.3, 0.4) is 0 Å². The van der Waals surface area contributed by atoms with Crippen molar-refractivity contribution >= 4 is 11.2 Å². The number of hydrogen-bond donors (Lipinski definition) is 1. The minimum Gasteiger partial charge on any atom is -0.468 e. The van der Waals surface area contributed by atoms with Crippen LogP contribution in [0.5, 0.6) is 12.0 Å². The second-order valence-electron chi connectivity index (χ2n) is 5.97. The van der Waals surface area contributed by atoms with E-state index in [1.165, 1.54) is 0 Å². The quantitative estimate of drug-likeness (QED) is 0.787. The van der Waals surface area contributed by atoms with Gasteiger partial charge in [-0.25, -0.2) is 4.98 Å². The van der Waals surface area contributed by atoms with Crippen molar-refractivity contribution in [3.63, 3.8) is 0 Å². The highest BCUT2D eigenvalue weighted by atomic mass is 16.5. The first-order valence-corrected chi connectivity index (χ1v) is 8.42. The monoisotopic (exact) mass is 319 g/mol. The standard InChI is InChI=1S/C16H25N5O2/c1-3-4-9-23-15-18-10-13-14(20-15)21(16(19-13)22-2)11-12-5-7-17-8-6-12/h10,12,17H,3-9,11H2,1-2H3. The van der Waals surface area contributed by atoms with Crippen LogP contribution in [0.4, 0.5) is 0 Å². The third-order valence-electron chi connectivity index (χ3n) is 4.24. The van der Waals surface area contributed by atoms with Gasteiger partial charge in [-0.05, 0) is 38.3 Å². The summed E-state index contributed by atoms with van der Waals surface area (Å²) in [7, 11) is 1.65. The van der Waals surface area contributed by atoms with E-state index in [9.17, 15) is 0 Å². The number of methoxy groups -OCH3 is 1. The zero-order valence-electron chi connectivity index (χ0n) is 13.9. The van der Waals surface area contributed by atoms with Crippen LogP contribution in [-0.4, -0.2) is 46.3 Å². The van der Waals surface area contributed by atoms with Gasteiger partial charge in [-0.1, -0.05) is 13.3 Å². The highest BCUT2D eigenvalue weighted by molar-refractivity contribution is 5.71. The molecule has 1 aliphatic heterocycles. The summed E-state index contributed by atoms with van der Waals surface area (Å²) in [5, 5.41) is 3.40. The van der Waals surface area contributed by atoms with E-state index in [2.05, 4.69) is 31.8 Å². The number of nitrogens with one attached hydrogen (secondary N) is 1. The second-order valence-corrected chi connectivity index (χ2v) is 5.97. The molecule has 0 aliphatic carbocycles. The van der Waals surface area contributed by atoms with E-state index in [0.29, 0.717) is 24.5 Å². The van der Waals surface area contributed by atoms with Crippen LogP contribution in [0.2, 0.25) is 0 Å². The molecule has 0 spiro atoms. The van der Waals surface area contributed by atoms with Crippen LogP contribution in [-0.2, 0) is 6.54 Å². The Kier molecular flexibility index (Phi) is 5.27. The number of hydrogen-bond acceptors (Lipinski definition) is 6. The number of nitrogens with zero attached hydrogens (tertiary/aromatic N) is 4. The van der Waals surface area contributed by atoms with Crippen molar-refractivity contribution in [2.24, 2.45) is 5.92 Å². The van der Waals surface area contributed by atoms with Crippen LogP contribution in [0.25, 0.3) is 11.2 Å². The van der Waals surface area contributed by atoms with Gasteiger partial charge in [-0.15, -0.1) is 0 Å². The van der Waals surface area contributed by atoms with Crippen molar-refractivity contribution in [1.82, 2.24) is 24.8 Å². The van der Waals surface area contributed by atoms with E-state index < -0.39 is 0 Å². The Morgan fingerprint density at radius 2 is 2.13 bits per heavy atom. The molecule has 0 amide bonds. The minimum absolute atomic E-state index is 0.417. The SMILES string of the molecule is CCCCOc1ncc2nc(OC)n(CC3CCNCC3)c2n1. The summed E-state index contributed by atoms with van der Waals surface area (Å²) in [5.74, 6) is 0.613. The third kappa shape index (κ3) is 3.72. The van der Waals surface area contributed by atoms with Gasteiger partial charge in [0.15, 0.2) is 5.65 Å². The van der Waals surface area contributed by atoms with E-state index in [4.69, 9.17) is 9.47 Å². The first-order valence-electron chi connectivity index (χ1n) is 8.42. The summed E-state index contributed by atoms with van der Waals surface area (Å²) in [4.78, 5) is 13.3. The molecular formula is C16H25N5O2. The zero-order chi connectivity index (χ0) is 16.1. The van der Waals surface area contributed by atoms with Gasteiger partial charge in [0, 0.05) is 6.54 Å². The average Bonchev–Trinajstić information content (AvgIpc) is 2.93. The molecule has 0 unspecified atom stereocenters. The highest BCUT2D eigenvalue weighted by Crippen LogP contribution is 2.24. The number of aromatic nitrogens is 4. The Morgan fingerprint density at radius 1 is 1.30 bits per heavy atom. The minimum atomic E-state index is 0.417. The summed E-state index contributed by atoms with van der Waals surface area (Å²) >= 11 is 0. The number of piperidine rings is 1. The van der Waals surface area contributed by atoms with E-state index >= 15 is 0 Å². The molecule has 0 atom stereocenters. The number of rotatable bonds is 7. The maximum Gasteiger partial charge on any atom is 0.318 e. The first kappa shape index (κ1) is 16.0. The van der Waals surface area contributed by atoms with Gasteiger partial charge < -0.3 is 14.8 Å². The summed E-state index contributed by atoms with van der Waals surface area (Å²) < 4.78 is 13.1. The number of imidazole rings is 1. The fourth-order valence-electron chi connectivity index (χ4n) is 2.90. The lowest BCUT2D eigenvalue weighted by atomic mass is 9.98. The molecule has 0 saturated carbocycles. The summed E-state index contributed by atoms with van der Waals surface area (Å²) in [5.41, 5.74) is 1.54. The average molecular weight is 319 g/mol. The van der Waals surface area contributed by atoms with Gasteiger partial charge in [0.25, 0.3) is 6.01 Å². The third-order valence-corrected chi connectivity index (χ3v) is 4.24. The van der Waals surface area contributed by atoms with Crippen LogP contribution in [0.15, 0.2) is 6.20 Å². The van der Waals surface area contributed by atoms with Gasteiger partial charge >= 0.3 is 6.01 Å². The van der Waals surface area contributed by atoms with E-state index in [1.54, 1.807) is 13.3 Å². The lowest BCUT2D eigenvalue weighted by Gasteiger charge is -2.23. The van der Waals surface area contributed by atoms with E-state index in [-0.39, 0.29) is 0 Å². The Bertz CT molecular complexity index is 637. The molecule has 1 N–H and O–H groups in total. The fraction of sp³-hybridized carbons (Fsp3) is 0.688. The van der Waals surface area contributed by atoms with Crippen LogP contribution < -0.4 is 14.8 Å². The van der Waals surface area contributed by atoms with Crippen molar-refractivity contribution in [3.05, 3.63) is 6.20 Å². The lowest BCUT2D eigenvalue weighted by molar-refractivity contribution is 0.284. The van der Waals surface area contributed by atoms with Crippen molar-refractivity contribution < 1.29 is 9.47 Å². The first-order chi connectivity index (χ1) is 11.3. The predicted molar refractivity (Wildman–Crippen MR) is 87.9 cm³/mol. The van der Waals surface area contributed by atoms with Crippen LogP contribution >= 0.6 is 0 Å². The molecule has 0 aromatic carbocycles. The largest absolute Gasteiger partial charge is 0.468 e. The van der Waals surface area contributed by atoms with Gasteiger partial charge in [-0.3, -0.25) is 4.57 Å². The molecule has 2 aromatic heterocycles. The molecule has 1 fully saturated rings. The molecule has 3 heterocycles. The van der Waals surface area contributed by atoms with Crippen molar-refractivity contribution in [2.45, 2.75) is 39.2 Å². The second kappa shape index (κ2) is 7.59. The molecule has 126 valence electrons. The van der Waals surface area contributed by atoms with Gasteiger partial charge in [0.2, 0.25) is 0 Å². The zero-order valence-corrected chi connectivity index (χ0v) is 13.9. The Hall–Kier alpha value is -1.89. The molecule has 0 bridgehead atoms. The predicted octanol–water partition coefficient (Wildman–Crippen LogP) is 2.01. The topological polar surface area (TPSA) is 74.1 Å². The summed E-state index contributed by atoms with van der Waals surface area (Å²) in [6, 6.07) is 1.01. The summed E-state index contributed by atoms with van der Waals surface area (Å²) in [6.07, 6.45) is 6.12. The summed E-state index contributed by atoms with van der Waals surface area (Å²) in [6.45, 7) is 5.78. The molecule has 23 heavy (non-hydrogen) atoms. The number of unbranched alkanes of at least 4 members (excludes halogenated alkanes) is 1. The fourth-order valence-corrected chi connectivity index (χ4v) is 2.90. The molecule has 1 saturated heterocycles. The van der Waals surface area contributed by atoms with E-state index in [0.717, 1.165) is 56.5 Å². The van der Waals surface area contributed by atoms with Crippen LogP contribution in [0.1, 0.15) is 32.6 Å². The molecule has 7 nitrogen and oxygen atoms in total. The maximum absolute atomic E-state index is 5.63. The van der Waals surface area contributed by atoms with Crippen molar-refractivity contribution in [2.75, 3.05) is 26.8 Å². The van der Waals surface area contributed by atoms with E-state index in [1.807, 2.05) is 0 Å². The van der Waals surface area contributed by atoms with Gasteiger partial charge in [0.1, 0.15) is 5.52 Å².